The van der Waals surface area contributed by atoms with E-state index < -0.39 is 12.1 Å². The van der Waals surface area contributed by atoms with Crippen LogP contribution < -0.4 is 5.32 Å². The Labute approximate surface area is 197 Å². The zero-order chi connectivity index (χ0) is 24.4. The first-order valence-corrected chi connectivity index (χ1v) is 11.7. The summed E-state index contributed by atoms with van der Waals surface area (Å²) in [5, 5.41) is 3.55. The van der Waals surface area contributed by atoms with Gasteiger partial charge in [0.05, 0.1) is 11.4 Å². The predicted octanol–water partition coefficient (Wildman–Crippen LogP) is 5.56. The Morgan fingerprint density at radius 1 is 1.12 bits per heavy atom. The highest BCUT2D eigenvalue weighted by molar-refractivity contribution is 5.98. The number of hydrogen-bond acceptors (Lipinski definition) is 5. The molecule has 0 spiro atoms. The molecule has 0 aliphatic heterocycles. The molecule has 0 bridgehead atoms. The van der Waals surface area contributed by atoms with Crippen LogP contribution in [0.1, 0.15) is 56.1 Å². The zero-order valence-corrected chi connectivity index (χ0v) is 19.8. The van der Waals surface area contributed by atoms with Crippen molar-refractivity contribution >= 4 is 34.1 Å². The van der Waals surface area contributed by atoms with E-state index in [1.54, 1.807) is 24.7 Å². The third-order valence-electron chi connectivity index (χ3n) is 5.82. The summed E-state index contributed by atoms with van der Waals surface area (Å²) in [5.41, 5.74) is 4.71. The summed E-state index contributed by atoms with van der Waals surface area (Å²) in [7, 11) is 0. The van der Waals surface area contributed by atoms with Crippen LogP contribution in [0, 0.1) is 12.8 Å². The fraction of sp³-hybridized carbons (Fsp3) is 0.346. The Morgan fingerprint density at radius 2 is 1.88 bits per heavy atom. The lowest BCUT2D eigenvalue weighted by Crippen LogP contribution is -2.16. The molecule has 4 aromatic rings. The molecular formula is C26H28FN5O2. The molecule has 4 heterocycles. The van der Waals surface area contributed by atoms with Crippen LogP contribution in [0.3, 0.4) is 0 Å². The van der Waals surface area contributed by atoms with E-state index in [0.29, 0.717) is 17.9 Å². The van der Waals surface area contributed by atoms with Crippen molar-refractivity contribution in [1.29, 1.82) is 0 Å². The number of nitrogens with zero attached hydrogens (tertiary/aromatic N) is 4. The summed E-state index contributed by atoms with van der Waals surface area (Å²) in [6.45, 7) is 7.92. The van der Waals surface area contributed by atoms with E-state index >= 15 is 0 Å². The fourth-order valence-corrected chi connectivity index (χ4v) is 3.96. The number of alkyl halides is 1. The Kier molecular flexibility index (Phi) is 6.68. The van der Waals surface area contributed by atoms with Crippen molar-refractivity contribution in [2.24, 2.45) is 5.92 Å². The lowest BCUT2D eigenvalue weighted by Gasteiger charge is -2.12. The number of hydrogen-bond donors (Lipinski definition) is 1. The number of imidazole rings is 1. The van der Waals surface area contributed by atoms with Crippen molar-refractivity contribution in [3.8, 4) is 11.1 Å². The minimum atomic E-state index is -1.06. The maximum atomic E-state index is 13.2. The minimum Gasteiger partial charge on any atom is -0.310 e. The van der Waals surface area contributed by atoms with E-state index in [-0.39, 0.29) is 18.1 Å². The van der Waals surface area contributed by atoms with Gasteiger partial charge >= 0.3 is 0 Å². The maximum absolute atomic E-state index is 13.2. The first kappa shape index (κ1) is 23.5. The highest BCUT2D eigenvalue weighted by Crippen LogP contribution is 2.35. The summed E-state index contributed by atoms with van der Waals surface area (Å²) in [4.78, 5) is 37.6. The average molecular weight is 462 g/mol. The molecule has 0 saturated heterocycles. The van der Waals surface area contributed by atoms with Crippen molar-refractivity contribution in [1.82, 2.24) is 19.4 Å². The third kappa shape index (κ3) is 4.40. The Balaban J connectivity index is 0.00000133. The number of carbonyl (C=O) groups excluding carboxylic acids is 2. The van der Waals surface area contributed by atoms with E-state index in [1.807, 2.05) is 50.4 Å². The van der Waals surface area contributed by atoms with Gasteiger partial charge in [-0.25, -0.2) is 14.4 Å². The monoisotopic (exact) mass is 461 g/mol. The van der Waals surface area contributed by atoms with Crippen molar-refractivity contribution in [2.75, 3.05) is 5.32 Å². The van der Waals surface area contributed by atoms with Crippen LogP contribution in [0.25, 0.3) is 27.7 Å². The number of carbonyl (C=O) groups is 2. The van der Waals surface area contributed by atoms with Crippen LogP contribution >= 0.6 is 0 Å². The van der Waals surface area contributed by atoms with Gasteiger partial charge in [-0.15, -0.1) is 0 Å². The molecule has 1 fully saturated rings. The number of Topliss-reactive ketones (excluding diaryl/α,β-unsaturated/α-hetero) is 1. The van der Waals surface area contributed by atoms with Crippen LogP contribution in [0.4, 0.5) is 10.2 Å². The van der Waals surface area contributed by atoms with Gasteiger partial charge in [0.25, 0.3) is 0 Å². The summed E-state index contributed by atoms with van der Waals surface area (Å²) in [5.74, 6) is -0.510. The van der Waals surface area contributed by atoms with E-state index in [2.05, 4.69) is 20.3 Å². The van der Waals surface area contributed by atoms with E-state index in [1.165, 1.54) is 0 Å². The largest absolute Gasteiger partial charge is 0.310 e. The van der Waals surface area contributed by atoms with Gasteiger partial charge in [-0.1, -0.05) is 20.8 Å². The van der Waals surface area contributed by atoms with Crippen molar-refractivity contribution in [3.63, 3.8) is 0 Å². The van der Waals surface area contributed by atoms with E-state index in [0.717, 1.165) is 39.7 Å². The number of amides is 1. The summed E-state index contributed by atoms with van der Waals surface area (Å²) in [6.07, 6.45) is 7.41. The number of ketones is 1. The smallest absolute Gasteiger partial charge is 0.231 e. The highest BCUT2D eigenvalue weighted by Gasteiger charge is 2.43. The molecule has 176 valence electrons. The van der Waals surface area contributed by atoms with Crippen LogP contribution in [0.5, 0.6) is 0 Å². The fourth-order valence-electron chi connectivity index (χ4n) is 3.96. The van der Waals surface area contributed by atoms with Crippen LogP contribution in [0.15, 0.2) is 43.0 Å². The molecule has 2 unspecified atom stereocenters. The number of aromatic nitrogens is 4. The number of pyridine rings is 3. The van der Waals surface area contributed by atoms with E-state index in [9.17, 15) is 14.0 Å². The van der Waals surface area contributed by atoms with Crippen molar-refractivity contribution in [3.05, 3.63) is 54.2 Å². The number of anilines is 1. The first-order chi connectivity index (χ1) is 16.5. The Hall–Kier alpha value is -3.68. The maximum Gasteiger partial charge on any atom is 0.231 e. The summed E-state index contributed by atoms with van der Waals surface area (Å²) in [6, 6.07) is 5.56. The van der Waals surface area contributed by atoms with E-state index in [4.69, 9.17) is 0 Å². The SMILES string of the molecule is CC.CCCC(=O)c1cc(C)c(-c2cc3cnc(NC(=O)C4CC4F)cc3n3ccnc23)cn1. The molecule has 34 heavy (non-hydrogen) atoms. The second kappa shape index (κ2) is 9.67. The number of fused-ring (bicyclic) bond motifs is 3. The Bertz CT molecular complexity index is 1380. The molecule has 7 nitrogen and oxygen atoms in total. The molecular weight excluding hydrogens is 433 g/mol. The molecule has 8 heteroatoms. The molecule has 0 aromatic carbocycles. The highest BCUT2D eigenvalue weighted by atomic mass is 19.1. The topological polar surface area (TPSA) is 89.2 Å². The molecule has 1 aliphatic carbocycles. The van der Waals surface area contributed by atoms with Crippen LogP contribution in [0.2, 0.25) is 0 Å². The lowest BCUT2D eigenvalue weighted by atomic mass is 10.0. The number of rotatable bonds is 6. The first-order valence-electron chi connectivity index (χ1n) is 11.7. The predicted molar refractivity (Wildman–Crippen MR) is 131 cm³/mol. The normalized spacial score (nSPS) is 16.7. The molecule has 1 saturated carbocycles. The van der Waals surface area contributed by atoms with Gasteiger partial charge in [0.15, 0.2) is 5.78 Å². The third-order valence-corrected chi connectivity index (χ3v) is 5.82. The quantitative estimate of drug-likeness (QED) is 0.380. The second-order valence-electron chi connectivity index (χ2n) is 8.21. The zero-order valence-electron chi connectivity index (χ0n) is 19.8. The number of nitrogens with one attached hydrogen (secondary N) is 1. The van der Waals surface area contributed by atoms with Gasteiger partial charge in [-0.3, -0.25) is 19.0 Å². The van der Waals surface area contributed by atoms with Crippen LogP contribution in [-0.2, 0) is 4.79 Å². The molecule has 0 radical (unpaired) electrons. The van der Waals surface area contributed by atoms with Crippen LogP contribution in [-0.4, -0.2) is 37.2 Å². The number of aryl methyl sites for hydroxylation is 1. The van der Waals surface area contributed by atoms with Crippen molar-refractivity contribution in [2.45, 2.75) is 53.1 Å². The average Bonchev–Trinajstić information content (AvgIpc) is 3.37. The second-order valence-corrected chi connectivity index (χ2v) is 8.21. The molecule has 1 aliphatic rings. The summed E-state index contributed by atoms with van der Waals surface area (Å²) >= 11 is 0. The standard InChI is InChI=1S/C24H22FN5O2.C2H6/c1-3-4-21(31)19-7-13(2)17(12-27-19)15-8-14-11-28-22(29-24(32)16-9-18(16)25)10-20(14)30-6-5-26-23(15)30;1-2/h5-8,10-12,16,18H,3-4,9H2,1-2H3,(H,28,29,32);1-2H3. The van der Waals surface area contributed by atoms with Gasteiger partial charge in [0.2, 0.25) is 5.91 Å². The summed E-state index contributed by atoms with van der Waals surface area (Å²) < 4.78 is 15.1. The molecule has 1 amide bonds. The van der Waals surface area contributed by atoms with Gasteiger partial charge < -0.3 is 5.32 Å². The van der Waals surface area contributed by atoms with Crippen molar-refractivity contribution < 1.29 is 14.0 Å². The van der Waals surface area contributed by atoms with Gasteiger partial charge in [0.1, 0.15) is 23.3 Å². The molecule has 2 atom stereocenters. The number of halogens is 1. The Morgan fingerprint density at radius 3 is 2.56 bits per heavy atom. The van der Waals surface area contributed by atoms with Gasteiger partial charge in [-0.05, 0) is 37.5 Å². The lowest BCUT2D eigenvalue weighted by molar-refractivity contribution is -0.117. The van der Waals surface area contributed by atoms with Gasteiger partial charge in [-0.2, -0.15) is 0 Å². The molecule has 4 aromatic heterocycles. The minimum absolute atomic E-state index is 0.0377. The van der Waals surface area contributed by atoms with Gasteiger partial charge in [0, 0.05) is 53.8 Å². The molecule has 1 N–H and O–H groups in total. The molecule has 5 rings (SSSR count).